The monoisotopic (exact) mass is 354 g/mol. The molecule has 0 aromatic carbocycles. The van der Waals surface area contributed by atoms with Crippen molar-refractivity contribution < 1.29 is 28.5 Å². The molecular weight excluding hydrogens is 324 g/mol. The zero-order valence-corrected chi connectivity index (χ0v) is 16.3. The molecule has 3 rings (SSSR count). The highest BCUT2D eigenvalue weighted by Crippen LogP contribution is 2.54. The van der Waals surface area contributed by atoms with E-state index in [-0.39, 0.29) is 35.3 Å². The first-order chi connectivity index (χ1) is 11.3. The summed E-state index contributed by atoms with van der Waals surface area (Å²) in [6.45, 7) is 13.0. The topological polar surface area (TPSA) is 71.1 Å². The van der Waals surface area contributed by atoms with Gasteiger partial charge in [-0.3, -0.25) is 0 Å². The molecule has 3 fully saturated rings. The van der Waals surface area contributed by atoms with Crippen molar-refractivity contribution in [1.29, 1.82) is 0 Å². The summed E-state index contributed by atoms with van der Waals surface area (Å²) < 4.78 is 23.8. The molecule has 6 nitrogen and oxygen atoms in total. The maximum Gasteiger partial charge on any atom is 0.341 e. The van der Waals surface area contributed by atoms with Gasteiger partial charge in [0.25, 0.3) is 0 Å². The predicted molar refractivity (Wildman–Crippen MR) is 89.6 cm³/mol. The predicted octanol–water partition coefficient (Wildman–Crippen LogP) is 2.97. The molecule has 2 aliphatic heterocycles. The van der Waals surface area contributed by atoms with Gasteiger partial charge in [0.1, 0.15) is 5.78 Å². The van der Waals surface area contributed by atoms with Crippen LogP contribution in [0.5, 0.6) is 0 Å². The summed E-state index contributed by atoms with van der Waals surface area (Å²) in [5.41, 5.74) is -1.38. The lowest BCUT2D eigenvalue weighted by atomic mass is 9.62. The van der Waals surface area contributed by atoms with Gasteiger partial charge in [0.15, 0.2) is 11.4 Å². The smallest absolute Gasteiger partial charge is 0.341 e. The lowest BCUT2D eigenvalue weighted by molar-refractivity contribution is -0.189. The van der Waals surface area contributed by atoms with E-state index in [4.69, 9.17) is 18.9 Å². The molecule has 0 radical (unpaired) electrons. The summed E-state index contributed by atoms with van der Waals surface area (Å²) in [5, 5.41) is 0. The number of carbonyl (C=O) groups excluding carboxylic acids is 2. The van der Waals surface area contributed by atoms with Gasteiger partial charge in [0.05, 0.1) is 12.2 Å². The van der Waals surface area contributed by atoms with Gasteiger partial charge in [-0.15, -0.1) is 0 Å². The Labute approximate surface area is 149 Å². The summed E-state index contributed by atoms with van der Waals surface area (Å²) in [7, 11) is 0. The molecule has 2 saturated heterocycles. The van der Waals surface area contributed by atoms with E-state index < -0.39 is 17.2 Å². The minimum atomic E-state index is -1.03. The molecule has 0 aromatic heterocycles. The first-order valence-corrected chi connectivity index (χ1v) is 9.04. The Morgan fingerprint density at radius 3 is 2.28 bits per heavy atom. The standard InChI is InChI=1S/C19H30O6/c1-11(20)8-16(2,3)12-9-19(15(21)24-18(6,7)25-19)10-13-14(12)23-17(4,5)22-13/h12-14H,8-10H2,1-7H3/t12-,13-,14+,19+/m1/s1. The highest BCUT2D eigenvalue weighted by atomic mass is 16.8. The van der Waals surface area contributed by atoms with Crippen molar-refractivity contribution in [1.82, 2.24) is 0 Å². The van der Waals surface area contributed by atoms with Crippen LogP contribution < -0.4 is 0 Å². The molecule has 0 unspecified atom stereocenters. The van der Waals surface area contributed by atoms with Crippen LogP contribution in [0.3, 0.4) is 0 Å². The Balaban J connectivity index is 1.97. The fourth-order valence-corrected chi connectivity index (χ4v) is 4.83. The second-order valence-electron chi connectivity index (χ2n) is 9.41. The van der Waals surface area contributed by atoms with E-state index in [0.29, 0.717) is 19.3 Å². The maximum absolute atomic E-state index is 12.7. The van der Waals surface area contributed by atoms with E-state index in [0.717, 1.165) is 0 Å². The highest BCUT2D eigenvalue weighted by Gasteiger charge is 2.64. The third kappa shape index (κ3) is 3.36. The van der Waals surface area contributed by atoms with Crippen LogP contribution >= 0.6 is 0 Å². The van der Waals surface area contributed by atoms with Crippen molar-refractivity contribution in [2.75, 3.05) is 0 Å². The lowest BCUT2D eigenvalue weighted by Gasteiger charge is -2.46. The van der Waals surface area contributed by atoms with Crippen LogP contribution in [0.2, 0.25) is 0 Å². The zero-order chi connectivity index (χ0) is 18.8. The van der Waals surface area contributed by atoms with Gasteiger partial charge >= 0.3 is 5.97 Å². The number of Topliss-reactive ketones (excluding diaryl/α,β-unsaturated/α-hetero) is 1. The van der Waals surface area contributed by atoms with Crippen molar-refractivity contribution in [2.24, 2.45) is 11.3 Å². The number of esters is 1. The fourth-order valence-electron chi connectivity index (χ4n) is 4.83. The van der Waals surface area contributed by atoms with E-state index in [2.05, 4.69) is 13.8 Å². The summed E-state index contributed by atoms with van der Waals surface area (Å²) in [5.74, 6) is -1.95. The minimum Gasteiger partial charge on any atom is -0.432 e. The number of fused-ring (bicyclic) bond motifs is 1. The largest absolute Gasteiger partial charge is 0.432 e. The molecule has 1 spiro atoms. The number of hydrogen-bond donors (Lipinski definition) is 0. The van der Waals surface area contributed by atoms with Crippen LogP contribution in [0.15, 0.2) is 0 Å². The molecule has 3 aliphatic rings. The molecular formula is C19H30O6. The summed E-state index contributed by atoms with van der Waals surface area (Å²) in [6, 6.07) is 0. The van der Waals surface area contributed by atoms with Crippen LogP contribution in [0.1, 0.15) is 67.7 Å². The molecule has 1 aliphatic carbocycles. The van der Waals surface area contributed by atoms with Gasteiger partial charge in [-0.05, 0) is 38.5 Å². The van der Waals surface area contributed by atoms with Gasteiger partial charge in [0.2, 0.25) is 5.79 Å². The highest BCUT2D eigenvalue weighted by molar-refractivity contribution is 5.82. The van der Waals surface area contributed by atoms with Gasteiger partial charge < -0.3 is 23.7 Å². The molecule has 1 saturated carbocycles. The number of carbonyl (C=O) groups is 2. The summed E-state index contributed by atoms with van der Waals surface area (Å²) in [6.07, 6.45) is 0.863. The van der Waals surface area contributed by atoms with Crippen LogP contribution in [0, 0.1) is 11.3 Å². The average molecular weight is 354 g/mol. The number of cyclic esters (lactones) is 1. The second kappa shape index (κ2) is 5.51. The van der Waals surface area contributed by atoms with Crippen LogP contribution in [-0.2, 0) is 28.5 Å². The molecule has 0 amide bonds. The maximum atomic E-state index is 12.7. The molecule has 6 heteroatoms. The molecule has 0 aromatic rings. The zero-order valence-electron chi connectivity index (χ0n) is 16.3. The molecule has 142 valence electrons. The summed E-state index contributed by atoms with van der Waals surface area (Å²) in [4.78, 5) is 24.5. The van der Waals surface area contributed by atoms with Crippen molar-refractivity contribution in [2.45, 2.75) is 97.1 Å². The third-order valence-electron chi connectivity index (χ3n) is 5.56. The third-order valence-corrected chi connectivity index (χ3v) is 5.56. The van der Waals surface area contributed by atoms with E-state index in [1.54, 1.807) is 20.8 Å². The lowest BCUT2D eigenvalue weighted by Crippen LogP contribution is -2.55. The van der Waals surface area contributed by atoms with Gasteiger partial charge in [-0.25, -0.2) is 4.79 Å². The fraction of sp³-hybridized carbons (Fsp3) is 0.895. The van der Waals surface area contributed by atoms with Gasteiger partial charge in [-0.1, -0.05) is 13.8 Å². The normalized spacial score (nSPS) is 39.3. The first kappa shape index (κ1) is 18.8. The van der Waals surface area contributed by atoms with E-state index in [9.17, 15) is 9.59 Å². The SMILES string of the molecule is CC(=O)CC(C)(C)[C@@H]1C[C@@]2(C[C@H]3OC(C)(C)O[C@@H]13)OC(C)(C)OC2=O. The average Bonchev–Trinajstić information content (AvgIpc) is 2.78. The molecule has 0 N–H and O–H groups in total. The van der Waals surface area contributed by atoms with Crippen molar-refractivity contribution in [3.8, 4) is 0 Å². The Hall–Kier alpha value is -0.980. The molecule has 25 heavy (non-hydrogen) atoms. The number of rotatable bonds is 3. The Morgan fingerprint density at radius 2 is 1.76 bits per heavy atom. The Morgan fingerprint density at radius 1 is 1.12 bits per heavy atom. The Bertz CT molecular complexity index is 593. The van der Waals surface area contributed by atoms with Crippen LogP contribution in [0.4, 0.5) is 0 Å². The minimum absolute atomic E-state index is 0.0571. The number of ether oxygens (including phenoxy) is 4. The number of hydrogen-bond acceptors (Lipinski definition) is 6. The van der Waals surface area contributed by atoms with E-state index >= 15 is 0 Å². The molecule has 4 atom stereocenters. The van der Waals surface area contributed by atoms with Crippen LogP contribution in [-0.4, -0.2) is 41.1 Å². The quantitative estimate of drug-likeness (QED) is 0.726. The number of ketones is 1. The van der Waals surface area contributed by atoms with Crippen molar-refractivity contribution >= 4 is 11.8 Å². The van der Waals surface area contributed by atoms with Crippen molar-refractivity contribution in [3.63, 3.8) is 0 Å². The first-order valence-electron chi connectivity index (χ1n) is 9.04. The Kier molecular flexibility index (Phi) is 4.14. The van der Waals surface area contributed by atoms with Gasteiger partial charge in [0, 0.05) is 26.7 Å². The summed E-state index contributed by atoms with van der Waals surface area (Å²) >= 11 is 0. The van der Waals surface area contributed by atoms with Crippen LogP contribution in [0.25, 0.3) is 0 Å². The van der Waals surface area contributed by atoms with E-state index in [1.807, 2.05) is 13.8 Å². The van der Waals surface area contributed by atoms with E-state index in [1.165, 1.54) is 0 Å². The second-order valence-corrected chi connectivity index (χ2v) is 9.41. The molecule has 0 bridgehead atoms. The molecule has 2 heterocycles. The van der Waals surface area contributed by atoms with Gasteiger partial charge in [-0.2, -0.15) is 0 Å². The van der Waals surface area contributed by atoms with Crippen molar-refractivity contribution in [3.05, 3.63) is 0 Å².